The number of hydrogen-bond donors (Lipinski definition) is 1. The van der Waals surface area contributed by atoms with Gasteiger partial charge in [0.1, 0.15) is 6.04 Å². The van der Waals surface area contributed by atoms with Crippen LogP contribution in [0.15, 0.2) is 0 Å². The molecule has 0 saturated carbocycles. The van der Waals surface area contributed by atoms with Gasteiger partial charge in [-0.2, -0.15) is 4.31 Å². The summed E-state index contributed by atoms with van der Waals surface area (Å²) in [5.74, 6) is -1.17. The molecule has 1 heterocycles. The first kappa shape index (κ1) is 17.9. The standard InChI is InChI=1S/C12H23N3O5S/c1-4-20-11(16)5-8-21(18,19)15-7-6-13-9-10(15)12(17)14(2)3/h10,13H,4-9H2,1-3H3. The first-order chi connectivity index (χ1) is 9.79. The maximum atomic E-state index is 12.4. The van der Waals surface area contributed by atoms with E-state index in [4.69, 9.17) is 4.74 Å². The molecule has 0 aromatic rings. The fourth-order valence-electron chi connectivity index (χ4n) is 2.09. The van der Waals surface area contributed by atoms with Gasteiger partial charge in [0.2, 0.25) is 15.9 Å². The molecule has 1 unspecified atom stereocenters. The molecular formula is C12H23N3O5S. The van der Waals surface area contributed by atoms with Crippen molar-refractivity contribution in [3.63, 3.8) is 0 Å². The normalized spacial score (nSPS) is 20.0. The number of piperazine rings is 1. The van der Waals surface area contributed by atoms with Gasteiger partial charge in [0.25, 0.3) is 0 Å². The Hall–Kier alpha value is -1.19. The van der Waals surface area contributed by atoms with E-state index < -0.39 is 22.0 Å². The van der Waals surface area contributed by atoms with E-state index in [1.807, 2.05) is 0 Å². The van der Waals surface area contributed by atoms with Crippen LogP contribution in [0.2, 0.25) is 0 Å². The van der Waals surface area contributed by atoms with Crippen LogP contribution in [0.25, 0.3) is 0 Å². The van der Waals surface area contributed by atoms with Gasteiger partial charge in [0.15, 0.2) is 0 Å². The highest BCUT2D eigenvalue weighted by molar-refractivity contribution is 7.89. The van der Waals surface area contributed by atoms with Crippen LogP contribution in [0.1, 0.15) is 13.3 Å². The first-order valence-corrected chi connectivity index (χ1v) is 8.47. The molecule has 1 aliphatic rings. The number of esters is 1. The number of ether oxygens (including phenoxy) is 1. The molecule has 1 saturated heterocycles. The first-order valence-electron chi connectivity index (χ1n) is 6.86. The molecule has 1 fully saturated rings. The van der Waals surface area contributed by atoms with Crippen molar-refractivity contribution < 1.29 is 22.7 Å². The molecule has 8 nitrogen and oxygen atoms in total. The number of carbonyl (C=O) groups excluding carboxylic acids is 2. The van der Waals surface area contributed by atoms with Crippen LogP contribution in [-0.4, -0.2) is 81.6 Å². The molecule has 1 aliphatic heterocycles. The number of nitrogens with one attached hydrogen (secondary N) is 1. The SMILES string of the molecule is CCOC(=O)CCS(=O)(=O)N1CCNCC1C(=O)N(C)C. The smallest absolute Gasteiger partial charge is 0.306 e. The van der Waals surface area contributed by atoms with E-state index in [0.717, 1.165) is 0 Å². The van der Waals surface area contributed by atoms with Crippen LogP contribution in [0.4, 0.5) is 0 Å². The van der Waals surface area contributed by atoms with Crippen LogP contribution >= 0.6 is 0 Å². The van der Waals surface area contributed by atoms with Gasteiger partial charge in [-0.1, -0.05) is 0 Å². The number of sulfonamides is 1. The highest BCUT2D eigenvalue weighted by Gasteiger charge is 2.37. The molecule has 0 bridgehead atoms. The molecule has 1 amide bonds. The predicted molar refractivity (Wildman–Crippen MR) is 77.1 cm³/mol. The summed E-state index contributed by atoms with van der Waals surface area (Å²) < 4.78 is 30.6. The monoisotopic (exact) mass is 321 g/mol. The Kier molecular flexibility index (Phi) is 6.56. The number of nitrogens with zero attached hydrogens (tertiary/aromatic N) is 2. The van der Waals surface area contributed by atoms with E-state index in [0.29, 0.717) is 6.54 Å². The van der Waals surface area contributed by atoms with Crippen molar-refractivity contribution in [3.05, 3.63) is 0 Å². The topological polar surface area (TPSA) is 96.0 Å². The number of hydrogen-bond acceptors (Lipinski definition) is 6. The summed E-state index contributed by atoms with van der Waals surface area (Å²) in [6.45, 7) is 2.85. The van der Waals surface area contributed by atoms with Crippen LogP contribution < -0.4 is 5.32 Å². The lowest BCUT2D eigenvalue weighted by Gasteiger charge is -2.35. The molecule has 122 valence electrons. The minimum absolute atomic E-state index is 0.205. The molecule has 0 aliphatic carbocycles. The highest BCUT2D eigenvalue weighted by Crippen LogP contribution is 2.13. The Morgan fingerprint density at radius 3 is 2.62 bits per heavy atom. The van der Waals surface area contributed by atoms with Crippen LogP contribution in [0.5, 0.6) is 0 Å². The molecule has 0 aromatic carbocycles. The summed E-state index contributed by atoms with van der Waals surface area (Å²) >= 11 is 0. The van der Waals surface area contributed by atoms with Crippen molar-refractivity contribution in [2.75, 3.05) is 46.1 Å². The summed E-state index contributed by atoms with van der Waals surface area (Å²) in [7, 11) is -0.512. The minimum Gasteiger partial charge on any atom is -0.466 e. The second-order valence-electron chi connectivity index (χ2n) is 4.93. The van der Waals surface area contributed by atoms with Crippen molar-refractivity contribution in [1.29, 1.82) is 0 Å². The average molecular weight is 321 g/mol. The Morgan fingerprint density at radius 1 is 1.38 bits per heavy atom. The maximum absolute atomic E-state index is 12.4. The van der Waals surface area contributed by atoms with Gasteiger partial charge in [0, 0.05) is 33.7 Å². The minimum atomic E-state index is -3.68. The molecule has 1 rings (SSSR count). The third-order valence-corrected chi connectivity index (χ3v) is 5.02. The van der Waals surface area contributed by atoms with E-state index in [-0.39, 0.29) is 37.8 Å². The van der Waals surface area contributed by atoms with Gasteiger partial charge in [0.05, 0.1) is 18.8 Å². The number of amides is 1. The van der Waals surface area contributed by atoms with Crippen LogP contribution in [0.3, 0.4) is 0 Å². The highest BCUT2D eigenvalue weighted by atomic mass is 32.2. The third kappa shape index (κ3) is 4.94. The van der Waals surface area contributed by atoms with Crippen LogP contribution in [0, 0.1) is 0 Å². The summed E-state index contributed by atoms with van der Waals surface area (Å²) in [6, 6.07) is -0.763. The summed E-state index contributed by atoms with van der Waals surface area (Å²) in [5.41, 5.74) is 0. The molecule has 0 radical (unpaired) electrons. The second kappa shape index (κ2) is 7.71. The van der Waals surface area contributed by atoms with Gasteiger partial charge in [-0.3, -0.25) is 9.59 Å². The number of likely N-dealkylation sites (N-methyl/N-ethyl adjacent to an activating group) is 1. The van der Waals surface area contributed by atoms with E-state index >= 15 is 0 Å². The lowest BCUT2D eigenvalue weighted by Crippen LogP contribution is -2.59. The maximum Gasteiger partial charge on any atom is 0.306 e. The lowest BCUT2D eigenvalue weighted by molar-refractivity contribution is -0.142. The quantitative estimate of drug-likeness (QED) is 0.607. The summed E-state index contributed by atoms with van der Waals surface area (Å²) in [6.07, 6.45) is -0.205. The Balaban J connectivity index is 2.78. The number of carbonyl (C=O) groups is 2. The fraction of sp³-hybridized carbons (Fsp3) is 0.833. The molecule has 21 heavy (non-hydrogen) atoms. The lowest BCUT2D eigenvalue weighted by atomic mass is 10.2. The predicted octanol–water partition coefficient (Wildman–Crippen LogP) is -1.37. The third-order valence-electron chi connectivity index (χ3n) is 3.15. The van der Waals surface area contributed by atoms with Crippen molar-refractivity contribution in [3.8, 4) is 0 Å². The van der Waals surface area contributed by atoms with Gasteiger partial charge in [-0.05, 0) is 6.92 Å². The van der Waals surface area contributed by atoms with Crippen molar-refractivity contribution in [2.45, 2.75) is 19.4 Å². The molecule has 9 heteroatoms. The van der Waals surface area contributed by atoms with E-state index in [1.54, 1.807) is 21.0 Å². The van der Waals surface area contributed by atoms with Gasteiger partial charge in [-0.15, -0.1) is 0 Å². The summed E-state index contributed by atoms with van der Waals surface area (Å²) in [4.78, 5) is 24.8. The average Bonchev–Trinajstić information content (AvgIpc) is 2.44. The molecule has 0 spiro atoms. The fourth-order valence-corrected chi connectivity index (χ4v) is 3.67. The van der Waals surface area contributed by atoms with Crippen molar-refractivity contribution >= 4 is 21.9 Å². The van der Waals surface area contributed by atoms with Gasteiger partial charge < -0.3 is 15.0 Å². The summed E-state index contributed by atoms with van der Waals surface area (Å²) in [5, 5.41) is 3.01. The van der Waals surface area contributed by atoms with E-state index in [1.165, 1.54) is 9.21 Å². The van der Waals surface area contributed by atoms with Crippen LogP contribution in [-0.2, 0) is 24.3 Å². The van der Waals surface area contributed by atoms with Gasteiger partial charge >= 0.3 is 5.97 Å². The molecule has 1 N–H and O–H groups in total. The van der Waals surface area contributed by atoms with Gasteiger partial charge in [-0.25, -0.2) is 8.42 Å². The number of rotatable bonds is 6. The van der Waals surface area contributed by atoms with Crippen molar-refractivity contribution in [2.24, 2.45) is 0 Å². The Labute approximate surface area is 125 Å². The zero-order valence-electron chi connectivity index (χ0n) is 12.7. The molecule has 0 aromatic heterocycles. The largest absolute Gasteiger partial charge is 0.466 e. The van der Waals surface area contributed by atoms with Crippen molar-refractivity contribution in [1.82, 2.24) is 14.5 Å². The molecular weight excluding hydrogens is 298 g/mol. The van der Waals surface area contributed by atoms with E-state index in [9.17, 15) is 18.0 Å². The molecule has 1 atom stereocenters. The Bertz CT molecular complexity index is 477. The van der Waals surface area contributed by atoms with E-state index in [2.05, 4.69) is 5.32 Å². The Morgan fingerprint density at radius 2 is 2.05 bits per heavy atom. The zero-order valence-corrected chi connectivity index (χ0v) is 13.5. The zero-order chi connectivity index (χ0) is 16.0. The second-order valence-corrected chi connectivity index (χ2v) is 6.98.